The van der Waals surface area contributed by atoms with Crippen molar-refractivity contribution in [1.82, 2.24) is 19.5 Å². The summed E-state index contributed by atoms with van der Waals surface area (Å²) in [6.07, 6.45) is 9.07. The summed E-state index contributed by atoms with van der Waals surface area (Å²) >= 11 is 0. The average Bonchev–Trinajstić information content (AvgIpc) is 3.22. The van der Waals surface area contributed by atoms with E-state index in [4.69, 9.17) is 0 Å². The number of fused-ring (bicyclic) bond motifs is 1. The number of aliphatic imine (C=N–C) groups is 1. The predicted molar refractivity (Wildman–Crippen MR) is 140 cm³/mol. The summed E-state index contributed by atoms with van der Waals surface area (Å²) in [5.41, 5.74) is 1.79. The lowest BCUT2D eigenvalue weighted by Crippen LogP contribution is -2.48. The molecule has 2 aromatic carbocycles. The summed E-state index contributed by atoms with van der Waals surface area (Å²) in [6, 6.07) is 12.9. The van der Waals surface area contributed by atoms with Crippen LogP contribution in [0.2, 0.25) is 0 Å². The third-order valence-corrected chi connectivity index (χ3v) is 8.74. The standard InChI is InChI=1S/C28H27N5O4/c34-24-21(14-29-19-3-6-22-23(10-19)31-26(36)30-22)25(35)33(27(37)32-24)20-4-1-18(2-5-20)28-11-15-7-16(12-28)9-17(8-15)13-28/h1-6,10,14-17,35H,7-9,11-13H2,(H2,30,31,36)(H,32,34,37). The Labute approximate surface area is 210 Å². The quantitative estimate of drug-likeness (QED) is 0.320. The number of hydrogen-bond acceptors (Lipinski definition) is 5. The van der Waals surface area contributed by atoms with E-state index >= 15 is 0 Å². The maximum Gasteiger partial charge on any atom is 0.335 e. The van der Waals surface area contributed by atoms with Crippen LogP contribution in [0.4, 0.5) is 5.69 Å². The lowest BCUT2D eigenvalue weighted by molar-refractivity contribution is -0.00518. The minimum atomic E-state index is -0.733. The monoisotopic (exact) mass is 497 g/mol. The minimum absolute atomic E-state index is 0.132. The lowest BCUT2D eigenvalue weighted by Gasteiger charge is -2.57. The third kappa shape index (κ3) is 3.60. The molecule has 2 aromatic heterocycles. The fraction of sp³-hybridized carbons (Fsp3) is 0.357. The fourth-order valence-electron chi connectivity index (χ4n) is 7.56. The van der Waals surface area contributed by atoms with Gasteiger partial charge in [0.15, 0.2) is 0 Å². The Morgan fingerprint density at radius 3 is 2.19 bits per heavy atom. The Balaban J connectivity index is 1.22. The number of hydrogen-bond donors (Lipinski definition) is 4. The summed E-state index contributed by atoms with van der Waals surface area (Å²) in [5.74, 6) is 2.02. The van der Waals surface area contributed by atoms with Gasteiger partial charge in [-0.15, -0.1) is 0 Å². The molecule has 4 N–H and O–H groups in total. The van der Waals surface area contributed by atoms with E-state index in [1.165, 1.54) is 50.3 Å². The molecule has 0 atom stereocenters. The Hall–Kier alpha value is -4.14. The molecule has 4 bridgehead atoms. The Bertz CT molecular complexity index is 1700. The molecule has 2 heterocycles. The number of aromatic amines is 3. The van der Waals surface area contributed by atoms with E-state index in [-0.39, 0.29) is 16.7 Å². The van der Waals surface area contributed by atoms with Crippen LogP contribution < -0.4 is 16.9 Å². The third-order valence-electron chi connectivity index (χ3n) is 8.74. The van der Waals surface area contributed by atoms with Crippen LogP contribution >= 0.6 is 0 Å². The maximum absolute atomic E-state index is 12.7. The second kappa shape index (κ2) is 7.93. The summed E-state index contributed by atoms with van der Waals surface area (Å²) in [7, 11) is 0. The normalized spacial score (nSPS) is 26.4. The zero-order chi connectivity index (χ0) is 25.3. The van der Waals surface area contributed by atoms with E-state index in [0.29, 0.717) is 22.4 Å². The number of H-pyrrole nitrogens is 3. The summed E-state index contributed by atoms with van der Waals surface area (Å²) in [6.45, 7) is 0. The van der Waals surface area contributed by atoms with Crippen molar-refractivity contribution in [1.29, 1.82) is 0 Å². The second-order valence-electron chi connectivity index (χ2n) is 11.1. The molecule has 8 rings (SSSR count). The molecule has 9 heteroatoms. The van der Waals surface area contributed by atoms with E-state index in [2.05, 4.69) is 32.1 Å². The van der Waals surface area contributed by atoms with Crippen LogP contribution in [0.25, 0.3) is 16.7 Å². The van der Waals surface area contributed by atoms with E-state index in [0.717, 1.165) is 22.3 Å². The van der Waals surface area contributed by atoms with Crippen LogP contribution in [0.5, 0.6) is 5.88 Å². The van der Waals surface area contributed by atoms with Crippen LogP contribution in [0.15, 0.2) is 61.8 Å². The number of aromatic nitrogens is 4. The van der Waals surface area contributed by atoms with Crippen molar-refractivity contribution in [3.63, 3.8) is 0 Å². The maximum atomic E-state index is 12.7. The number of nitrogens with one attached hydrogen (secondary N) is 3. The van der Waals surface area contributed by atoms with Crippen molar-refractivity contribution in [3.05, 3.63) is 84.9 Å². The second-order valence-corrected chi connectivity index (χ2v) is 11.1. The van der Waals surface area contributed by atoms with E-state index in [9.17, 15) is 19.5 Å². The molecule has 4 aromatic rings. The van der Waals surface area contributed by atoms with Gasteiger partial charge < -0.3 is 15.1 Å². The SMILES string of the molecule is O=c1[nH]c2ccc(N=Cc3c(O)n(-c4ccc(C56CC7CC(CC(C7)C5)C6)cc4)c(=O)[nH]c3=O)cc2[nH]1. The molecule has 0 spiro atoms. The highest BCUT2D eigenvalue weighted by atomic mass is 16.3. The highest BCUT2D eigenvalue weighted by Gasteiger charge is 2.51. The van der Waals surface area contributed by atoms with Gasteiger partial charge in [-0.3, -0.25) is 14.8 Å². The van der Waals surface area contributed by atoms with Crippen molar-refractivity contribution >= 4 is 22.9 Å². The van der Waals surface area contributed by atoms with Crippen LogP contribution in [-0.2, 0) is 5.41 Å². The number of aromatic hydroxyl groups is 1. The molecule has 188 valence electrons. The smallest absolute Gasteiger partial charge is 0.335 e. The van der Waals surface area contributed by atoms with Gasteiger partial charge in [-0.2, -0.15) is 0 Å². The molecule has 0 unspecified atom stereocenters. The van der Waals surface area contributed by atoms with Gasteiger partial charge >= 0.3 is 11.4 Å². The molecule has 0 saturated heterocycles. The number of rotatable bonds is 4. The van der Waals surface area contributed by atoms with Crippen LogP contribution in [0.1, 0.15) is 49.7 Å². The minimum Gasteiger partial charge on any atom is -0.493 e. The van der Waals surface area contributed by atoms with Gasteiger partial charge in [-0.25, -0.2) is 14.2 Å². The summed E-state index contributed by atoms with van der Waals surface area (Å²) in [5, 5.41) is 11.0. The van der Waals surface area contributed by atoms with E-state index in [1.807, 2.05) is 12.1 Å². The van der Waals surface area contributed by atoms with Gasteiger partial charge in [-0.1, -0.05) is 12.1 Å². The van der Waals surface area contributed by atoms with Crippen LogP contribution in [0.3, 0.4) is 0 Å². The Morgan fingerprint density at radius 1 is 0.865 bits per heavy atom. The highest BCUT2D eigenvalue weighted by molar-refractivity contribution is 5.86. The number of nitrogens with zero attached hydrogens (tertiary/aromatic N) is 2. The molecular weight excluding hydrogens is 470 g/mol. The average molecular weight is 498 g/mol. The molecule has 37 heavy (non-hydrogen) atoms. The first-order chi connectivity index (χ1) is 17.9. The summed E-state index contributed by atoms with van der Waals surface area (Å²) < 4.78 is 1.10. The molecule has 0 amide bonds. The number of benzene rings is 2. The first-order valence-corrected chi connectivity index (χ1v) is 12.8. The topological polar surface area (TPSA) is 136 Å². The molecule has 4 fully saturated rings. The van der Waals surface area contributed by atoms with Gasteiger partial charge in [0.1, 0.15) is 5.56 Å². The fourth-order valence-corrected chi connectivity index (χ4v) is 7.56. The van der Waals surface area contributed by atoms with Crippen molar-refractivity contribution in [3.8, 4) is 11.6 Å². The van der Waals surface area contributed by atoms with Gasteiger partial charge in [0, 0.05) is 6.21 Å². The van der Waals surface area contributed by atoms with E-state index in [1.54, 1.807) is 18.2 Å². The van der Waals surface area contributed by atoms with Crippen LogP contribution in [-0.4, -0.2) is 30.8 Å². The van der Waals surface area contributed by atoms with Crippen molar-refractivity contribution < 1.29 is 5.11 Å². The molecule has 0 radical (unpaired) electrons. The molecular formula is C28H27N5O4. The van der Waals surface area contributed by atoms with Crippen molar-refractivity contribution in [2.75, 3.05) is 0 Å². The molecule has 4 saturated carbocycles. The zero-order valence-electron chi connectivity index (χ0n) is 20.2. The molecule has 0 aliphatic heterocycles. The predicted octanol–water partition coefficient (Wildman–Crippen LogP) is 3.62. The number of imidazole rings is 1. The van der Waals surface area contributed by atoms with Gasteiger partial charge in [0.05, 0.1) is 22.4 Å². The van der Waals surface area contributed by atoms with E-state index < -0.39 is 17.1 Å². The lowest BCUT2D eigenvalue weighted by atomic mass is 9.48. The van der Waals surface area contributed by atoms with Gasteiger partial charge in [0.25, 0.3) is 5.56 Å². The van der Waals surface area contributed by atoms with Crippen molar-refractivity contribution in [2.24, 2.45) is 22.7 Å². The zero-order valence-corrected chi connectivity index (χ0v) is 20.2. The molecule has 9 nitrogen and oxygen atoms in total. The van der Waals surface area contributed by atoms with Crippen molar-refractivity contribution in [2.45, 2.75) is 43.9 Å². The molecule has 4 aliphatic carbocycles. The van der Waals surface area contributed by atoms with Gasteiger partial charge in [0.2, 0.25) is 5.88 Å². The van der Waals surface area contributed by atoms with Crippen LogP contribution in [0, 0.1) is 17.8 Å². The Morgan fingerprint density at radius 2 is 1.51 bits per heavy atom. The van der Waals surface area contributed by atoms with Gasteiger partial charge in [-0.05, 0) is 97.6 Å². The highest BCUT2D eigenvalue weighted by Crippen LogP contribution is 2.60. The first-order valence-electron chi connectivity index (χ1n) is 12.8. The largest absolute Gasteiger partial charge is 0.493 e. The first kappa shape index (κ1) is 22.1. The molecule has 4 aliphatic rings. The Kier molecular flexibility index (Phi) is 4.73. The summed E-state index contributed by atoms with van der Waals surface area (Å²) in [4.78, 5) is 48.6.